The van der Waals surface area contributed by atoms with E-state index in [4.69, 9.17) is 5.73 Å². The third kappa shape index (κ3) is 2.05. The number of rotatable bonds is 1. The van der Waals surface area contributed by atoms with Gasteiger partial charge in [-0.15, -0.1) is 0 Å². The molecule has 0 aliphatic rings. The van der Waals surface area contributed by atoms with Crippen molar-refractivity contribution in [1.29, 1.82) is 0 Å². The average Bonchev–Trinajstić information content (AvgIpc) is 2.03. The van der Waals surface area contributed by atoms with Crippen molar-refractivity contribution in [2.75, 3.05) is 0 Å². The van der Waals surface area contributed by atoms with Crippen LogP contribution in [0.15, 0.2) is 18.3 Å². The predicted molar refractivity (Wildman–Crippen MR) is 50.8 cm³/mol. The Labute approximate surface area is 73.8 Å². The first kappa shape index (κ1) is 9.20. The van der Waals surface area contributed by atoms with Crippen molar-refractivity contribution in [2.45, 2.75) is 32.7 Å². The first-order valence-corrected chi connectivity index (χ1v) is 4.19. The van der Waals surface area contributed by atoms with Crippen LogP contribution in [0.4, 0.5) is 0 Å². The van der Waals surface area contributed by atoms with Gasteiger partial charge in [-0.1, -0.05) is 20.8 Å². The Morgan fingerprint density at radius 1 is 1.42 bits per heavy atom. The maximum Gasteiger partial charge on any atom is 0.0460 e. The zero-order valence-electron chi connectivity index (χ0n) is 7.96. The highest BCUT2D eigenvalue weighted by molar-refractivity contribution is 5.20. The van der Waals surface area contributed by atoms with Crippen molar-refractivity contribution in [3.63, 3.8) is 0 Å². The van der Waals surface area contributed by atoms with Crippen LogP contribution in [0.3, 0.4) is 0 Å². The Kier molecular flexibility index (Phi) is 2.48. The minimum atomic E-state index is 0.116. The molecule has 12 heavy (non-hydrogen) atoms. The molecule has 0 aliphatic carbocycles. The summed E-state index contributed by atoms with van der Waals surface area (Å²) >= 11 is 0. The van der Waals surface area contributed by atoms with E-state index < -0.39 is 0 Å². The van der Waals surface area contributed by atoms with Crippen LogP contribution in [0.25, 0.3) is 0 Å². The van der Waals surface area contributed by atoms with Gasteiger partial charge in [0.05, 0.1) is 0 Å². The summed E-state index contributed by atoms with van der Waals surface area (Å²) in [6.07, 6.45) is 1.82. The normalized spacial score (nSPS) is 11.7. The van der Waals surface area contributed by atoms with Crippen molar-refractivity contribution in [3.8, 4) is 0 Å². The van der Waals surface area contributed by atoms with Crippen molar-refractivity contribution in [1.82, 2.24) is 4.98 Å². The maximum absolute atomic E-state index is 5.53. The quantitative estimate of drug-likeness (QED) is 0.687. The highest BCUT2D eigenvalue weighted by Crippen LogP contribution is 2.19. The van der Waals surface area contributed by atoms with Crippen LogP contribution in [0.2, 0.25) is 0 Å². The van der Waals surface area contributed by atoms with Gasteiger partial charge in [-0.2, -0.15) is 0 Å². The molecule has 0 aromatic carbocycles. The summed E-state index contributed by atoms with van der Waals surface area (Å²) in [6.45, 7) is 7.03. The molecule has 0 saturated carbocycles. The van der Waals surface area contributed by atoms with Gasteiger partial charge in [-0.25, -0.2) is 0 Å². The van der Waals surface area contributed by atoms with Crippen LogP contribution in [-0.2, 0) is 12.0 Å². The van der Waals surface area contributed by atoms with Crippen LogP contribution in [0.1, 0.15) is 32.0 Å². The molecule has 2 heteroatoms. The lowest BCUT2D eigenvalue weighted by molar-refractivity contribution is 0.568. The second-order valence-electron chi connectivity index (χ2n) is 4.00. The first-order chi connectivity index (χ1) is 5.54. The molecule has 0 aliphatic heterocycles. The Morgan fingerprint density at radius 2 is 2.08 bits per heavy atom. The lowest BCUT2D eigenvalue weighted by Gasteiger charge is -2.17. The van der Waals surface area contributed by atoms with E-state index in [9.17, 15) is 0 Å². The molecule has 1 rings (SSSR count). The molecule has 0 amide bonds. The number of pyridine rings is 1. The SMILES string of the molecule is CC(C)(C)c1cc(CN)ccn1. The molecule has 0 atom stereocenters. The summed E-state index contributed by atoms with van der Waals surface area (Å²) < 4.78 is 0. The molecule has 1 aromatic heterocycles. The van der Waals surface area contributed by atoms with E-state index in [1.807, 2.05) is 12.3 Å². The molecule has 0 unspecified atom stereocenters. The summed E-state index contributed by atoms with van der Waals surface area (Å²) in [6, 6.07) is 4.02. The van der Waals surface area contributed by atoms with E-state index in [1.54, 1.807) is 0 Å². The molecule has 0 bridgehead atoms. The Morgan fingerprint density at radius 3 is 2.58 bits per heavy atom. The molecule has 1 heterocycles. The van der Waals surface area contributed by atoms with Gasteiger partial charge in [0.1, 0.15) is 0 Å². The van der Waals surface area contributed by atoms with E-state index in [-0.39, 0.29) is 5.41 Å². The van der Waals surface area contributed by atoms with E-state index in [0.717, 1.165) is 11.3 Å². The molecule has 1 aromatic rings. The molecule has 0 radical (unpaired) electrons. The summed E-state index contributed by atoms with van der Waals surface area (Å²) in [4.78, 5) is 4.30. The van der Waals surface area contributed by atoms with Crippen LogP contribution >= 0.6 is 0 Å². The minimum absolute atomic E-state index is 0.116. The fourth-order valence-corrected chi connectivity index (χ4v) is 1.01. The highest BCUT2D eigenvalue weighted by Gasteiger charge is 2.14. The van der Waals surface area contributed by atoms with E-state index in [2.05, 4.69) is 31.8 Å². The monoisotopic (exact) mass is 164 g/mol. The maximum atomic E-state index is 5.53. The van der Waals surface area contributed by atoms with Gasteiger partial charge in [-0.05, 0) is 17.7 Å². The fraction of sp³-hybridized carbons (Fsp3) is 0.500. The molecule has 0 spiro atoms. The average molecular weight is 164 g/mol. The van der Waals surface area contributed by atoms with Crippen LogP contribution in [-0.4, -0.2) is 4.98 Å². The molecule has 2 N–H and O–H groups in total. The van der Waals surface area contributed by atoms with E-state index in [0.29, 0.717) is 6.54 Å². The summed E-state index contributed by atoms with van der Waals surface area (Å²) in [7, 11) is 0. The predicted octanol–water partition coefficient (Wildman–Crippen LogP) is 1.84. The number of nitrogens with two attached hydrogens (primary N) is 1. The smallest absolute Gasteiger partial charge is 0.0460 e. The zero-order chi connectivity index (χ0) is 9.19. The van der Waals surface area contributed by atoms with Crippen LogP contribution in [0, 0.1) is 0 Å². The van der Waals surface area contributed by atoms with Gasteiger partial charge in [0.25, 0.3) is 0 Å². The van der Waals surface area contributed by atoms with Crippen LogP contribution < -0.4 is 5.73 Å². The standard InChI is InChI=1S/C10H16N2/c1-10(2,3)9-6-8(7-11)4-5-12-9/h4-6H,7,11H2,1-3H3. The Balaban J connectivity index is 3.02. The summed E-state index contributed by atoms with van der Waals surface area (Å²) in [5.41, 5.74) is 7.90. The Bertz CT molecular complexity index is 261. The molecule has 0 saturated heterocycles. The van der Waals surface area contributed by atoms with Gasteiger partial charge in [0.2, 0.25) is 0 Å². The van der Waals surface area contributed by atoms with Crippen molar-refractivity contribution >= 4 is 0 Å². The van der Waals surface area contributed by atoms with Crippen molar-refractivity contribution in [2.24, 2.45) is 5.73 Å². The van der Waals surface area contributed by atoms with Crippen molar-refractivity contribution in [3.05, 3.63) is 29.6 Å². The largest absolute Gasteiger partial charge is 0.326 e. The summed E-state index contributed by atoms with van der Waals surface area (Å²) in [5.74, 6) is 0. The molecule has 0 fully saturated rings. The van der Waals surface area contributed by atoms with Gasteiger partial charge < -0.3 is 5.73 Å². The lowest BCUT2D eigenvalue weighted by Crippen LogP contribution is -2.14. The second kappa shape index (κ2) is 3.23. The second-order valence-corrected chi connectivity index (χ2v) is 4.00. The van der Waals surface area contributed by atoms with Gasteiger partial charge in [0.15, 0.2) is 0 Å². The zero-order valence-corrected chi connectivity index (χ0v) is 7.96. The third-order valence-electron chi connectivity index (χ3n) is 1.83. The van der Waals surface area contributed by atoms with Crippen LogP contribution in [0.5, 0.6) is 0 Å². The third-order valence-corrected chi connectivity index (χ3v) is 1.83. The molecule has 66 valence electrons. The van der Waals surface area contributed by atoms with Crippen molar-refractivity contribution < 1.29 is 0 Å². The summed E-state index contributed by atoms with van der Waals surface area (Å²) in [5, 5.41) is 0. The molecule has 2 nitrogen and oxygen atoms in total. The Hall–Kier alpha value is -0.890. The first-order valence-electron chi connectivity index (χ1n) is 4.19. The topological polar surface area (TPSA) is 38.9 Å². The molecular weight excluding hydrogens is 148 g/mol. The van der Waals surface area contributed by atoms with E-state index >= 15 is 0 Å². The number of aromatic nitrogens is 1. The number of hydrogen-bond acceptors (Lipinski definition) is 2. The highest BCUT2D eigenvalue weighted by atomic mass is 14.7. The number of nitrogens with zero attached hydrogens (tertiary/aromatic N) is 1. The fourth-order valence-electron chi connectivity index (χ4n) is 1.01. The molecular formula is C10H16N2. The minimum Gasteiger partial charge on any atom is -0.326 e. The van der Waals surface area contributed by atoms with Gasteiger partial charge in [-0.3, -0.25) is 4.98 Å². The van der Waals surface area contributed by atoms with Gasteiger partial charge in [0, 0.05) is 23.9 Å². The van der Waals surface area contributed by atoms with E-state index in [1.165, 1.54) is 0 Å². The number of hydrogen-bond donors (Lipinski definition) is 1. The van der Waals surface area contributed by atoms with Gasteiger partial charge >= 0.3 is 0 Å². The lowest BCUT2D eigenvalue weighted by atomic mass is 9.91.